The van der Waals surface area contributed by atoms with Crippen molar-refractivity contribution < 1.29 is 9.59 Å². The van der Waals surface area contributed by atoms with Crippen LogP contribution in [0.4, 0.5) is 11.5 Å². The van der Waals surface area contributed by atoms with Crippen molar-refractivity contribution in [3.63, 3.8) is 0 Å². The number of anilines is 2. The smallest absolute Gasteiger partial charge is 0.257 e. The van der Waals surface area contributed by atoms with Crippen LogP contribution >= 0.6 is 27.7 Å². The number of halogens is 1. The maximum Gasteiger partial charge on any atom is 0.257 e. The Morgan fingerprint density at radius 1 is 1.44 bits per heavy atom. The van der Waals surface area contributed by atoms with Crippen LogP contribution in [0.5, 0.6) is 0 Å². The van der Waals surface area contributed by atoms with Crippen LogP contribution in [0.1, 0.15) is 24.8 Å². The molecule has 1 aromatic heterocycles. The summed E-state index contributed by atoms with van der Waals surface area (Å²) in [5.74, 6) is -0.766. The van der Waals surface area contributed by atoms with Gasteiger partial charge in [0.05, 0.1) is 11.5 Å². The van der Waals surface area contributed by atoms with Gasteiger partial charge in [-0.05, 0) is 24.0 Å². The van der Waals surface area contributed by atoms with Gasteiger partial charge in [0, 0.05) is 16.6 Å². The lowest BCUT2D eigenvalue weighted by atomic mass is 9.92. The molecule has 0 radical (unpaired) electrons. The molecule has 2 heterocycles. The summed E-state index contributed by atoms with van der Waals surface area (Å²) in [5.41, 5.74) is 0.359. The van der Waals surface area contributed by atoms with E-state index in [1.54, 1.807) is 18.2 Å². The number of carbonyl (C=O) groups excluding carboxylic acids is 2. The monoisotopic (exact) mass is 422 g/mol. The quantitative estimate of drug-likeness (QED) is 0.518. The van der Waals surface area contributed by atoms with Crippen LogP contribution in [0.2, 0.25) is 0 Å². The summed E-state index contributed by atoms with van der Waals surface area (Å²) >= 11 is 4.69. The third kappa shape index (κ3) is 3.93. The van der Waals surface area contributed by atoms with Gasteiger partial charge in [0.15, 0.2) is 5.16 Å². The van der Waals surface area contributed by atoms with Crippen LogP contribution in [0, 0.1) is 0 Å². The van der Waals surface area contributed by atoms with Gasteiger partial charge in [-0.3, -0.25) is 14.4 Å². The summed E-state index contributed by atoms with van der Waals surface area (Å²) in [4.78, 5) is 44.0. The van der Waals surface area contributed by atoms with Crippen LogP contribution in [-0.2, 0) is 9.59 Å². The van der Waals surface area contributed by atoms with Crippen molar-refractivity contribution in [2.75, 3.05) is 16.4 Å². The number of hydrogen-bond donors (Lipinski definition) is 3. The van der Waals surface area contributed by atoms with Gasteiger partial charge in [0.25, 0.3) is 5.56 Å². The highest BCUT2D eigenvalue weighted by Gasteiger charge is 2.34. The van der Waals surface area contributed by atoms with Crippen LogP contribution < -0.4 is 16.2 Å². The summed E-state index contributed by atoms with van der Waals surface area (Å²) in [5, 5.41) is 5.75. The molecular weight excluding hydrogens is 408 g/mol. The molecule has 3 N–H and O–H groups in total. The van der Waals surface area contributed by atoms with Gasteiger partial charge in [-0.25, -0.2) is 4.98 Å². The summed E-state index contributed by atoms with van der Waals surface area (Å²) in [7, 11) is 0. The molecule has 25 heavy (non-hydrogen) atoms. The average Bonchev–Trinajstić information content (AvgIpc) is 2.54. The first-order valence-electron chi connectivity index (χ1n) is 7.61. The van der Waals surface area contributed by atoms with Gasteiger partial charge in [-0.15, -0.1) is 0 Å². The van der Waals surface area contributed by atoms with Gasteiger partial charge in [0.1, 0.15) is 5.82 Å². The fraction of sp³-hybridized carbons (Fsp3) is 0.250. The zero-order valence-electron chi connectivity index (χ0n) is 13.3. The van der Waals surface area contributed by atoms with E-state index in [1.165, 1.54) is 11.8 Å². The highest BCUT2D eigenvalue weighted by atomic mass is 79.9. The standard InChI is InChI=1S/C16H15BrN4O3S/c1-2-25-16-20-13-12(15(24)21-16)10(7-11(22)19-13)14(23)18-9-5-3-4-8(17)6-9/h3-6,10H,2,7H2,1H3,(H,18,23)(H2,19,20,21,22,24)/t10-/m0/s1. The summed E-state index contributed by atoms with van der Waals surface area (Å²) < 4.78 is 0.813. The van der Waals surface area contributed by atoms with E-state index in [1.807, 2.05) is 13.0 Å². The zero-order valence-corrected chi connectivity index (χ0v) is 15.7. The molecule has 3 rings (SSSR count). The number of rotatable bonds is 4. The summed E-state index contributed by atoms with van der Waals surface area (Å²) in [6.07, 6.45) is -0.0993. The number of aromatic nitrogens is 2. The number of nitrogens with one attached hydrogen (secondary N) is 3. The average molecular weight is 423 g/mol. The topological polar surface area (TPSA) is 104 Å². The minimum atomic E-state index is -0.889. The van der Waals surface area contributed by atoms with Crippen molar-refractivity contribution in [3.05, 3.63) is 44.7 Å². The highest BCUT2D eigenvalue weighted by Crippen LogP contribution is 2.30. The first-order chi connectivity index (χ1) is 12.0. The Labute approximate surface area is 156 Å². The SMILES string of the molecule is CCSc1nc2c(c(=O)[nH]1)[C@@H](C(=O)Nc1cccc(Br)c1)CC(=O)N2. The zero-order chi connectivity index (χ0) is 18.0. The molecule has 0 bridgehead atoms. The molecule has 1 aliphatic rings. The second-order valence-corrected chi connectivity index (χ2v) is 7.54. The number of thioether (sulfide) groups is 1. The lowest BCUT2D eigenvalue weighted by Crippen LogP contribution is -2.36. The Hall–Kier alpha value is -2.13. The molecule has 2 amide bonds. The van der Waals surface area contributed by atoms with E-state index in [0.29, 0.717) is 10.8 Å². The number of nitrogens with zero attached hydrogens (tertiary/aromatic N) is 1. The molecule has 0 saturated carbocycles. The van der Waals surface area contributed by atoms with E-state index in [2.05, 4.69) is 36.5 Å². The van der Waals surface area contributed by atoms with E-state index in [-0.39, 0.29) is 23.7 Å². The molecule has 1 aliphatic heterocycles. The fourth-order valence-corrected chi connectivity index (χ4v) is 3.57. The maximum absolute atomic E-state index is 12.7. The largest absolute Gasteiger partial charge is 0.326 e. The second kappa shape index (κ2) is 7.40. The molecule has 0 fully saturated rings. The first-order valence-corrected chi connectivity index (χ1v) is 9.39. The molecule has 0 unspecified atom stereocenters. The van der Waals surface area contributed by atoms with Crippen molar-refractivity contribution >= 4 is 51.0 Å². The highest BCUT2D eigenvalue weighted by molar-refractivity contribution is 9.10. The number of aromatic amines is 1. The Morgan fingerprint density at radius 2 is 2.24 bits per heavy atom. The Bertz CT molecular complexity index is 899. The second-order valence-electron chi connectivity index (χ2n) is 5.37. The van der Waals surface area contributed by atoms with E-state index >= 15 is 0 Å². The maximum atomic E-state index is 12.7. The first kappa shape index (κ1) is 17.7. The van der Waals surface area contributed by atoms with Crippen molar-refractivity contribution in [3.8, 4) is 0 Å². The van der Waals surface area contributed by atoms with Gasteiger partial charge in [0.2, 0.25) is 11.8 Å². The molecule has 1 atom stereocenters. The number of benzene rings is 1. The molecule has 0 spiro atoms. The van der Waals surface area contributed by atoms with Gasteiger partial charge < -0.3 is 15.6 Å². The Kier molecular flexibility index (Phi) is 5.24. The number of fused-ring (bicyclic) bond motifs is 1. The summed E-state index contributed by atoms with van der Waals surface area (Å²) in [6.45, 7) is 1.93. The van der Waals surface area contributed by atoms with E-state index in [9.17, 15) is 14.4 Å². The Morgan fingerprint density at radius 3 is 2.96 bits per heavy atom. The summed E-state index contributed by atoms with van der Waals surface area (Å²) in [6, 6.07) is 7.09. The van der Waals surface area contributed by atoms with Crippen LogP contribution in [0.15, 0.2) is 38.7 Å². The third-order valence-electron chi connectivity index (χ3n) is 3.62. The number of amides is 2. The van der Waals surface area contributed by atoms with Crippen LogP contribution in [-0.4, -0.2) is 27.5 Å². The van der Waals surface area contributed by atoms with Crippen molar-refractivity contribution in [2.45, 2.75) is 24.4 Å². The fourth-order valence-electron chi connectivity index (χ4n) is 2.58. The molecule has 2 aromatic rings. The Balaban J connectivity index is 1.94. The molecule has 9 heteroatoms. The minimum Gasteiger partial charge on any atom is -0.326 e. The number of hydrogen-bond acceptors (Lipinski definition) is 5. The molecule has 7 nitrogen and oxygen atoms in total. The van der Waals surface area contributed by atoms with E-state index in [4.69, 9.17) is 0 Å². The van der Waals surface area contributed by atoms with Crippen molar-refractivity contribution in [2.24, 2.45) is 0 Å². The number of H-pyrrole nitrogens is 1. The van der Waals surface area contributed by atoms with Crippen LogP contribution in [0.25, 0.3) is 0 Å². The normalized spacial score (nSPS) is 16.1. The third-order valence-corrected chi connectivity index (χ3v) is 4.87. The molecule has 0 aliphatic carbocycles. The van der Waals surface area contributed by atoms with Gasteiger partial charge in [-0.1, -0.05) is 40.7 Å². The van der Waals surface area contributed by atoms with Crippen molar-refractivity contribution in [1.82, 2.24) is 9.97 Å². The molecular formula is C16H15BrN4O3S. The minimum absolute atomic E-state index is 0.0993. The van der Waals surface area contributed by atoms with Crippen LogP contribution in [0.3, 0.4) is 0 Å². The van der Waals surface area contributed by atoms with E-state index < -0.39 is 17.4 Å². The number of carbonyl (C=O) groups is 2. The molecule has 1 aromatic carbocycles. The predicted octanol–water partition coefficient (Wildman–Crippen LogP) is 2.71. The van der Waals surface area contributed by atoms with Gasteiger partial charge >= 0.3 is 0 Å². The molecule has 130 valence electrons. The van der Waals surface area contributed by atoms with Crippen molar-refractivity contribution in [1.29, 1.82) is 0 Å². The lowest BCUT2D eigenvalue weighted by molar-refractivity contribution is -0.123. The van der Waals surface area contributed by atoms with Gasteiger partial charge in [-0.2, -0.15) is 0 Å². The predicted molar refractivity (Wildman–Crippen MR) is 100 cm³/mol. The van der Waals surface area contributed by atoms with E-state index in [0.717, 1.165) is 10.2 Å². The molecule has 0 saturated heterocycles. The lowest BCUT2D eigenvalue weighted by Gasteiger charge is -2.23.